The van der Waals surface area contributed by atoms with Crippen molar-refractivity contribution in [2.75, 3.05) is 25.1 Å². The zero-order valence-corrected chi connectivity index (χ0v) is 17.7. The SMILES string of the molecule is COc1ccc(-c2ccc(N3CCCC(C(=O)NCc4c(F)cccc4F)C3)nn2)cc1. The van der Waals surface area contributed by atoms with E-state index in [0.29, 0.717) is 18.8 Å². The van der Waals surface area contributed by atoms with Crippen LogP contribution in [0.2, 0.25) is 0 Å². The van der Waals surface area contributed by atoms with Crippen LogP contribution in [0.5, 0.6) is 5.75 Å². The average Bonchev–Trinajstić information content (AvgIpc) is 2.84. The Morgan fingerprint density at radius 2 is 1.84 bits per heavy atom. The van der Waals surface area contributed by atoms with Gasteiger partial charge in [-0.1, -0.05) is 6.07 Å². The zero-order valence-electron chi connectivity index (χ0n) is 17.7. The van der Waals surface area contributed by atoms with E-state index < -0.39 is 11.6 Å². The van der Waals surface area contributed by atoms with Gasteiger partial charge in [0.15, 0.2) is 5.82 Å². The lowest BCUT2D eigenvalue weighted by atomic mass is 9.97. The molecule has 0 spiro atoms. The lowest BCUT2D eigenvalue weighted by Crippen LogP contribution is -2.43. The van der Waals surface area contributed by atoms with Crippen LogP contribution in [-0.4, -0.2) is 36.3 Å². The van der Waals surface area contributed by atoms with Gasteiger partial charge in [0.25, 0.3) is 0 Å². The summed E-state index contributed by atoms with van der Waals surface area (Å²) in [4.78, 5) is 14.6. The predicted octanol–water partition coefficient (Wildman–Crippen LogP) is 3.96. The summed E-state index contributed by atoms with van der Waals surface area (Å²) in [6.45, 7) is 1.06. The van der Waals surface area contributed by atoms with E-state index in [1.165, 1.54) is 18.2 Å². The van der Waals surface area contributed by atoms with E-state index in [0.717, 1.165) is 30.0 Å². The largest absolute Gasteiger partial charge is 0.497 e. The zero-order chi connectivity index (χ0) is 22.5. The smallest absolute Gasteiger partial charge is 0.225 e. The van der Waals surface area contributed by atoms with Gasteiger partial charge in [-0.05, 0) is 61.4 Å². The van der Waals surface area contributed by atoms with E-state index in [4.69, 9.17) is 4.74 Å². The lowest BCUT2D eigenvalue weighted by Gasteiger charge is -2.32. The van der Waals surface area contributed by atoms with E-state index in [2.05, 4.69) is 15.5 Å². The number of carbonyl (C=O) groups excluding carboxylic acids is 1. The van der Waals surface area contributed by atoms with Crippen molar-refractivity contribution >= 4 is 11.7 Å². The number of benzene rings is 2. The maximum atomic E-state index is 13.8. The third-order valence-corrected chi connectivity index (χ3v) is 5.65. The van der Waals surface area contributed by atoms with Crippen LogP contribution in [0, 0.1) is 17.6 Å². The van der Waals surface area contributed by atoms with Crippen LogP contribution < -0.4 is 15.0 Å². The quantitative estimate of drug-likeness (QED) is 0.631. The number of ether oxygens (including phenoxy) is 1. The van der Waals surface area contributed by atoms with Crippen molar-refractivity contribution in [2.45, 2.75) is 19.4 Å². The molecule has 0 aliphatic carbocycles. The third kappa shape index (κ3) is 4.85. The number of rotatable bonds is 6. The molecule has 1 fully saturated rings. The summed E-state index contributed by atoms with van der Waals surface area (Å²) < 4.78 is 32.8. The van der Waals surface area contributed by atoms with Gasteiger partial charge in [0.2, 0.25) is 5.91 Å². The van der Waals surface area contributed by atoms with E-state index in [1.54, 1.807) is 7.11 Å². The van der Waals surface area contributed by atoms with Crippen molar-refractivity contribution in [1.82, 2.24) is 15.5 Å². The maximum absolute atomic E-state index is 13.8. The summed E-state index contributed by atoms with van der Waals surface area (Å²) in [5.74, 6) is -0.374. The van der Waals surface area contributed by atoms with Gasteiger partial charge in [-0.15, -0.1) is 10.2 Å². The molecule has 1 saturated heterocycles. The Morgan fingerprint density at radius 3 is 2.50 bits per heavy atom. The molecule has 0 radical (unpaired) electrons. The monoisotopic (exact) mass is 438 g/mol. The second kappa shape index (κ2) is 9.72. The Kier molecular flexibility index (Phi) is 6.58. The molecule has 2 heterocycles. The third-order valence-electron chi connectivity index (χ3n) is 5.65. The molecule has 166 valence electrons. The molecule has 4 rings (SSSR count). The van der Waals surface area contributed by atoms with Crippen molar-refractivity contribution in [3.8, 4) is 17.0 Å². The molecular formula is C24H24F2N4O2. The fourth-order valence-electron chi connectivity index (χ4n) is 3.83. The summed E-state index contributed by atoms with van der Waals surface area (Å²) in [6, 6.07) is 15.0. The number of amides is 1. The van der Waals surface area contributed by atoms with Gasteiger partial charge in [0, 0.05) is 30.8 Å². The van der Waals surface area contributed by atoms with Gasteiger partial charge >= 0.3 is 0 Å². The highest BCUT2D eigenvalue weighted by Crippen LogP contribution is 2.25. The van der Waals surface area contributed by atoms with Crippen LogP contribution >= 0.6 is 0 Å². The molecule has 0 bridgehead atoms. The van der Waals surface area contributed by atoms with Crippen LogP contribution in [0.25, 0.3) is 11.3 Å². The first kappa shape index (κ1) is 21.7. The normalized spacial score (nSPS) is 16.0. The molecule has 6 nitrogen and oxygen atoms in total. The number of nitrogens with one attached hydrogen (secondary N) is 1. The minimum absolute atomic E-state index is 0.131. The summed E-state index contributed by atoms with van der Waals surface area (Å²) in [5, 5.41) is 11.3. The highest BCUT2D eigenvalue weighted by molar-refractivity contribution is 5.79. The number of anilines is 1. The summed E-state index contributed by atoms with van der Waals surface area (Å²) in [5.41, 5.74) is 1.55. The van der Waals surface area contributed by atoms with E-state index in [9.17, 15) is 13.6 Å². The van der Waals surface area contributed by atoms with Gasteiger partial charge in [0.05, 0.1) is 18.7 Å². The lowest BCUT2D eigenvalue weighted by molar-refractivity contribution is -0.125. The predicted molar refractivity (Wildman–Crippen MR) is 117 cm³/mol. The Bertz CT molecular complexity index is 1050. The highest BCUT2D eigenvalue weighted by Gasteiger charge is 2.27. The Labute approximate surface area is 185 Å². The van der Waals surface area contributed by atoms with Crippen LogP contribution in [0.3, 0.4) is 0 Å². The average molecular weight is 438 g/mol. The van der Waals surface area contributed by atoms with Crippen molar-refractivity contribution in [1.29, 1.82) is 0 Å². The maximum Gasteiger partial charge on any atom is 0.225 e. The first-order valence-corrected chi connectivity index (χ1v) is 10.5. The minimum Gasteiger partial charge on any atom is -0.497 e. The van der Waals surface area contributed by atoms with Gasteiger partial charge in [-0.2, -0.15) is 0 Å². The van der Waals surface area contributed by atoms with Crippen molar-refractivity contribution in [3.63, 3.8) is 0 Å². The second-order valence-electron chi connectivity index (χ2n) is 7.71. The molecule has 3 aromatic rings. The molecule has 8 heteroatoms. The molecule has 1 aliphatic heterocycles. The Morgan fingerprint density at radius 1 is 1.09 bits per heavy atom. The first-order chi connectivity index (χ1) is 15.5. The molecule has 1 unspecified atom stereocenters. The fraction of sp³-hybridized carbons (Fsp3) is 0.292. The minimum atomic E-state index is -0.664. The number of hydrogen-bond donors (Lipinski definition) is 1. The van der Waals surface area contributed by atoms with Gasteiger partial charge in [-0.25, -0.2) is 8.78 Å². The highest BCUT2D eigenvalue weighted by atomic mass is 19.1. The molecule has 1 N–H and O–H groups in total. The number of aromatic nitrogens is 2. The summed E-state index contributed by atoms with van der Waals surface area (Å²) in [6.07, 6.45) is 1.52. The molecule has 1 atom stereocenters. The number of methoxy groups -OCH3 is 1. The van der Waals surface area contributed by atoms with Crippen LogP contribution in [0.1, 0.15) is 18.4 Å². The number of piperidine rings is 1. The summed E-state index contributed by atoms with van der Waals surface area (Å²) >= 11 is 0. The standard InChI is InChI=1S/C24H24F2N4O2/c1-32-18-9-7-16(8-10-18)22-11-12-23(29-28-22)30-13-3-4-17(15-30)24(31)27-14-19-20(25)5-2-6-21(19)26/h2,5-12,17H,3-4,13-15H2,1H3,(H,27,31). The number of carbonyl (C=O) groups is 1. The summed E-state index contributed by atoms with van der Waals surface area (Å²) in [7, 11) is 1.62. The van der Waals surface area contributed by atoms with Crippen LogP contribution in [0.4, 0.5) is 14.6 Å². The molecule has 1 amide bonds. The van der Waals surface area contributed by atoms with Gasteiger partial charge in [0.1, 0.15) is 17.4 Å². The molecule has 0 saturated carbocycles. The van der Waals surface area contributed by atoms with Crippen LogP contribution in [-0.2, 0) is 11.3 Å². The second-order valence-corrected chi connectivity index (χ2v) is 7.71. The molecule has 32 heavy (non-hydrogen) atoms. The molecular weight excluding hydrogens is 414 g/mol. The molecule has 2 aromatic carbocycles. The Balaban J connectivity index is 1.38. The van der Waals surface area contributed by atoms with Crippen molar-refractivity contribution in [2.24, 2.45) is 5.92 Å². The first-order valence-electron chi connectivity index (χ1n) is 10.5. The Hall–Kier alpha value is -3.55. The van der Waals surface area contributed by atoms with Crippen molar-refractivity contribution in [3.05, 3.63) is 71.8 Å². The van der Waals surface area contributed by atoms with E-state index in [1.807, 2.05) is 41.3 Å². The van der Waals surface area contributed by atoms with Gasteiger partial charge in [-0.3, -0.25) is 4.79 Å². The molecule has 1 aliphatic rings. The van der Waals surface area contributed by atoms with Crippen molar-refractivity contribution < 1.29 is 18.3 Å². The molecule has 1 aromatic heterocycles. The van der Waals surface area contributed by atoms with E-state index in [-0.39, 0.29) is 23.9 Å². The van der Waals surface area contributed by atoms with E-state index >= 15 is 0 Å². The number of nitrogens with zero attached hydrogens (tertiary/aromatic N) is 3. The number of hydrogen-bond acceptors (Lipinski definition) is 5. The fourth-order valence-corrected chi connectivity index (χ4v) is 3.83. The van der Waals surface area contributed by atoms with Gasteiger partial charge < -0.3 is 15.0 Å². The number of halogens is 2. The van der Waals surface area contributed by atoms with Crippen LogP contribution in [0.15, 0.2) is 54.6 Å². The topological polar surface area (TPSA) is 67.3 Å².